The van der Waals surface area contributed by atoms with Crippen LogP contribution in [0.3, 0.4) is 0 Å². The second-order valence-electron chi connectivity index (χ2n) is 13.2. The molecule has 0 unspecified atom stereocenters. The number of carbonyl (C=O) groups excluding carboxylic acids is 12. The van der Waals surface area contributed by atoms with Crippen LogP contribution in [0.5, 0.6) is 0 Å². The van der Waals surface area contributed by atoms with Crippen LogP contribution < -0.4 is 0 Å². The fourth-order valence-corrected chi connectivity index (χ4v) is 4.30. The summed E-state index contributed by atoms with van der Waals surface area (Å²) in [5.74, 6) is -3.33. The topological polar surface area (TPSA) is 267 Å². The van der Waals surface area contributed by atoms with Crippen molar-refractivity contribution in [2.75, 3.05) is 78.9 Å². The molecule has 0 spiro atoms. The van der Waals surface area contributed by atoms with Crippen LogP contribution in [0.15, 0.2) is 0 Å². The van der Waals surface area contributed by atoms with E-state index in [1.54, 1.807) is 9.80 Å². The maximum Gasteiger partial charge on any atom is 0.306 e. The zero-order valence-corrected chi connectivity index (χ0v) is 35.4. The summed E-state index contributed by atoms with van der Waals surface area (Å²) in [5.41, 5.74) is 0. The molecule has 0 aromatic rings. The molecule has 20 nitrogen and oxygen atoms in total. The molecular weight excluding hydrogens is 796 g/mol. The van der Waals surface area contributed by atoms with Gasteiger partial charge in [-0.2, -0.15) is 0 Å². The number of hydrogen-bond donors (Lipinski definition) is 0. The Morgan fingerprint density at radius 1 is 0.317 bits per heavy atom. The molecule has 0 bridgehead atoms. The Morgan fingerprint density at radius 2 is 0.500 bits per heavy atom. The molecular formula is C40H62N2O18. The average molecular weight is 859 g/mol. The van der Waals surface area contributed by atoms with Gasteiger partial charge in [0.15, 0.2) is 0 Å². The van der Waals surface area contributed by atoms with E-state index in [4.69, 9.17) is 28.4 Å². The molecule has 0 fully saturated rings. The first-order valence-electron chi connectivity index (χ1n) is 19.7. The summed E-state index contributed by atoms with van der Waals surface area (Å²) < 4.78 is 30.3. The van der Waals surface area contributed by atoms with E-state index in [0.29, 0.717) is 51.8 Å². The summed E-state index contributed by atoms with van der Waals surface area (Å²) in [7, 11) is 0. The quantitative estimate of drug-likeness (QED) is 0.0488. The number of aldehydes is 2. The lowest BCUT2D eigenvalue weighted by Crippen LogP contribution is -2.35. The van der Waals surface area contributed by atoms with E-state index in [1.165, 1.54) is 27.7 Å². The molecule has 0 N–H and O–H groups in total. The number of hydrogen-bond acceptors (Lipinski definition) is 20. The van der Waals surface area contributed by atoms with Crippen LogP contribution in [0, 0.1) is 0 Å². The average Bonchev–Trinajstić information content (AvgIpc) is 3.18. The van der Waals surface area contributed by atoms with Gasteiger partial charge in [0.1, 0.15) is 75.3 Å². The fraction of sp³-hybridized carbons (Fsp3) is 0.700. The molecule has 60 heavy (non-hydrogen) atoms. The normalized spacial score (nSPS) is 10.4. The standard InChI is InChI=1S/C21H33NO9.C19H29NO9/c1-16(23)4-7-19(26)29-13-10-22(11-14-30-20(27)8-5-17(2)24)12-15-31-21(28)9-6-18(3)25;1-16(23)6-7-19(26)29-15-10-20(8-13-27-17(24)4-2-11-21)9-14-28-18(25)5-3-12-22/h4-15H2,1-3H3;11-12H,2-10,13-15H2,1H3. The number of Topliss-reactive ketones (excluding diaryl/α,β-unsaturated/α-hetero) is 4. The van der Waals surface area contributed by atoms with Crippen LogP contribution in [-0.4, -0.2) is 160 Å². The minimum Gasteiger partial charge on any atom is -0.464 e. The van der Waals surface area contributed by atoms with Crippen molar-refractivity contribution >= 4 is 71.5 Å². The summed E-state index contributed by atoms with van der Waals surface area (Å²) in [6, 6.07) is 0. The third kappa shape index (κ3) is 40.9. The highest BCUT2D eigenvalue weighted by Gasteiger charge is 2.14. The van der Waals surface area contributed by atoms with Crippen LogP contribution in [0.1, 0.15) is 105 Å². The van der Waals surface area contributed by atoms with Gasteiger partial charge in [-0.3, -0.25) is 38.6 Å². The van der Waals surface area contributed by atoms with Gasteiger partial charge in [0, 0.05) is 77.8 Å². The van der Waals surface area contributed by atoms with Gasteiger partial charge >= 0.3 is 35.8 Å². The Balaban J connectivity index is 0. The second kappa shape index (κ2) is 38.0. The highest BCUT2D eigenvalue weighted by molar-refractivity contribution is 5.82. The molecule has 0 saturated heterocycles. The third-order valence-electron chi connectivity index (χ3n) is 7.68. The van der Waals surface area contributed by atoms with Crippen LogP contribution in [-0.2, 0) is 86.0 Å². The smallest absolute Gasteiger partial charge is 0.306 e. The van der Waals surface area contributed by atoms with E-state index >= 15 is 0 Å². The van der Waals surface area contributed by atoms with Crippen molar-refractivity contribution in [1.29, 1.82) is 0 Å². The lowest BCUT2D eigenvalue weighted by Gasteiger charge is -2.22. The molecule has 0 aromatic carbocycles. The SMILES string of the molecule is CC(=O)CCC(=O)OCCN(CCOC(=O)CCC(C)=O)CCOC(=O)CCC(C)=O.CC(=O)CCC(=O)OCCN(CCOC(=O)CCC=O)CCOC(=O)CCC=O. The minimum absolute atomic E-state index is 0.00556. The predicted octanol–water partition coefficient (Wildman–Crippen LogP) is 1.27. The van der Waals surface area contributed by atoms with E-state index in [2.05, 4.69) is 0 Å². The molecule has 0 amide bonds. The van der Waals surface area contributed by atoms with Crippen LogP contribution >= 0.6 is 0 Å². The van der Waals surface area contributed by atoms with E-state index in [9.17, 15) is 57.5 Å². The first-order chi connectivity index (χ1) is 28.5. The van der Waals surface area contributed by atoms with Crippen molar-refractivity contribution in [1.82, 2.24) is 9.80 Å². The van der Waals surface area contributed by atoms with Gasteiger partial charge in [-0.1, -0.05) is 0 Å². The van der Waals surface area contributed by atoms with Gasteiger partial charge in [-0.25, -0.2) is 0 Å². The molecule has 0 atom stereocenters. The number of ketones is 4. The molecule has 340 valence electrons. The van der Waals surface area contributed by atoms with Gasteiger partial charge in [0.25, 0.3) is 0 Å². The molecule has 0 heterocycles. The largest absolute Gasteiger partial charge is 0.464 e. The molecule has 20 heteroatoms. The maximum absolute atomic E-state index is 11.6. The molecule has 0 aliphatic heterocycles. The first kappa shape index (κ1) is 56.9. The molecule has 0 radical (unpaired) electrons. The fourth-order valence-electron chi connectivity index (χ4n) is 4.30. The summed E-state index contributed by atoms with van der Waals surface area (Å²) in [6.45, 7) is 7.80. The Bertz CT molecular complexity index is 1270. The predicted molar refractivity (Wildman–Crippen MR) is 209 cm³/mol. The van der Waals surface area contributed by atoms with Gasteiger partial charge in [0.2, 0.25) is 0 Å². The summed E-state index contributed by atoms with van der Waals surface area (Å²) in [6.07, 6.45) is 1.99. The van der Waals surface area contributed by atoms with Crippen molar-refractivity contribution < 1.29 is 86.0 Å². The molecule has 0 rings (SSSR count). The first-order valence-corrected chi connectivity index (χ1v) is 19.7. The van der Waals surface area contributed by atoms with E-state index in [1.807, 2.05) is 0 Å². The molecule has 0 saturated carbocycles. The molecule has 0 aliphatic carbocycles. The van der Waals surface area contributed by atoms with Crippen molar-refractivity contribution in [2.45, 2.75) is 105 Å². The van der Waals surface area contributed by atoms with Gasteiger partial charge in [-0.15, -0.1) is 0 Å². The van der Waals surface area contributed by atoms with Crippen LogP contribution in [0.4, 0.5) is 0 Å². The highest BCUT2D eigenvalue weighted by atomic mass is 16.6. The van der Waals surface area contributed by atoms with Crippen LogP contribution in [0.25, 0.3) is 0 Å². The van der Waals surface area contributed by atoms with E-state index < -0.39 is 35.8 Å². The number of nitrogens with zero attached hydrogens (tertiary/aromatic N) is 2. The lowest BCUT2D eigenvalue weighted by atomic mass is 10.2. The van der Waals surface area contributed by atoms with E-state index in [-0.39, 0.29) is 140 Å². The van der Waals surface area contributed by atoms with Crippen molar-refractivity contribution in [3.63, 3.8) is 0 Å². The Labute approximate surface area is 350 Å². The van der Waals surface area contributed by atoms with Crippen molar-refractivity contribution in [2.24, 2.45) is 0 Å². The summed E-state index contributed by atoms with van der Waals surface area (Å²) in [4.78, 5) is 137. The zero-order valence-electron chi connectivity index (χ0n) is 35.4. The van der Waals surface area contributed by atoms with E-state index in [0.717, 1.165) is 0 Å². The van der Waals surface area contributed by atoms with Crippen molar-refractivity contribution in [3.05, 3.63) is 0 Å². The molecule has 0 aromatic heterocycles. The van der Waals surface area contributed by atoms with Gasteiger partial charge in [0.05, 0.1) is 38.5 Å². The number of ether oxygens (including phenoxy) is 6. The summed E-state index contributed by atoms with van der Waals surface area (Å²) in [5, 5.41) is 0. The monoisotopic (exact) mass is 858 g/mol. The number of rotatable bonds is 36. The highest BCUT2D eigenvalue weighted by Crippen LogP contribution is 2.01. The lowest BCUT2D eigenvalue weighted by molar-refractivity contribution is -0.148. The van der Waals surface area contributed by atoms with Crippen LogP contribution in [0.2, 0.25) is 0 Å². The summed E-state index contributed by atoms with van der Waals surface area (Å²) >= 11 is 0. The number of carbonyl (C=O) groups is 12. The maximum atomic E-state index is 11.6. The Morgan fingerprint density at radius 3 is 0.667 bits per heavy atom. The minimum atomic E-state index is -0.493. The van der Waals surface area contributed by atoms with Crippen molar-refractivity contribution in [3.8, 4) is 0 Å². The van der Waals surface area contributed by atoms with Gasteiger partial charge < -0.3 is 57.2 Å². The Kier molecular flexibility index (Phi) is 36.0. The zero-order chi connectivity index (χ0) is 45.6. The second-order valence-corrected chi connectivity index (χ2v) is 13.2. The number of esters is 6. The molecule has 0 aliphatic rings. The third-order valence-corrected chi connectivity index (χ3v) is 7.68. The van der Waals surface area contributed by atoms with Gasteiger partial charge in [-0.05, 0) is 27.7 Å². The Hall–Kier alpha value is -5.24.